The topological polar surface area (TPSA) is 157 Å². The molecule has 0 saturated heterocycles. The van der Waals surface area contributed by atoms with Crippen molar-refractivity contribution in [2.45, 2.75) is 83.8 Å². The Morgan fingerprint density at radius 3 is 2.23 bits per heavy atom. The molecule has 0 aliphatic carbocycles. The Balaban J connectivity index is 2.07. The first-order valence-electron chi connectivity index (χ1n) is 16.1. The first-order chi connectivity index (χ1) is 22.6. The second-order valence-corrected chi connectivity index (χ2v) is 13.5. The molecule has 2 aromatic carbocycles. The summed E-state index contributed by atoms with van der Waals surface area (Å²) in [5, 5.41) is 24.2. The van der Waals surface area contributed by atoms with Gasteiger partial charge in [0.1, 0.15) is 18.1 Å². The van der Waals surface area contributed by atoms with Crippen molar-refractivity contribution in [1.82, 2.24) is 5.32 Å². The molecule has 0 heterocycles. The molecular weight excluding hydrogens is 659 g/mol. The molecule has 0 spiro atoms. The van der Waals surface area contributed by atoms with Gasteiger partial charge in [-0.15, -0.1) is 11.6 Å². The van der Waals surface area contributed by atoms with E-state index in [1.54, 1.807) is 50.2 Å². The van der Waals surface area contributed by atoms with Gasteiger partial charge in [-0.2, -0.15) is 0 Å². The second kappa shape index (κ2) is 20.4. The fourth-order valence-corrected chi connectivity index (χ4v) is 5.61. The smallest absolute Gasteiger partial charge is 0.347 e. The summed E-state index contributed by atoms with van der Waals surface area (Å²) in [6.07, 6.45) is -0.638. The number of ether oxygens (including phenoxy) is 3. The number of benzene rings is 2. The van der Waals surface area contributed by atoms with Gasteiger partial charge in [-0.1, -0.05) is 88.7 Å². The van der Waals surface area contributed by atoms with Gasteiger partial charge in [0.25, 0.3) is 0 Å². The van der Waals surface area contributed by atoms with Crippen molar-refractivity contribution in [1.29, 1.82) is 0 Å². The highest BCUT2D eigenvalue weighted by Crippen LogP contribution is 2.32. The maximum absolute atomic E-state index is 13.5. The van der Waals surface area contributed by atoms with Gasteiger partial charge < -0.3 is 30.2 Å². The van der Waals surface area contributed by atoms with E-state index in [0.717, 1.165) is 11.6 Å². The molecule has 1 amide bonds. The summed E-state index contributed by atoms with van der Waals surface area (Å²) >= 11 is 12.9. The molecule has 8 atom stereocenters. The van der Waals surface area contributed by atoms with Crippen LogP contribution in [-0.2, 0) is 30.3 Å². The van der Waals surface area contributed by atoms with Crippen LogP contribution in [0.2, 0.25) is 5.02 Å². The summed E-state index contributed by atoms with van der Waals surface area (Å²) in [5.41, 5.74) is 6.77. The number of hydrogen-bond donors (Lipinski definition) is 4. The Bertz CT molecular complexity index is 1340. The number of carbonyl (C=O) groups excluding carboxylic acids is 3. The van der Waals surface area contributed by atoms with Crippen LogP contribution in [0.25, 0.3) is 0 Å². The lowest BCUT2D eigenvalue weighted by atomic mass is 9.91. The van der Waals surface area contributed by atoms with Gasteiger partial charge in [0.2, 0.25) is 5.91 Å². The predicted molar refractivity (Wildman–Crippen MR) is 186 cm³/mol. The summed E-state index contributed by atoms with van der Waals surface area (Å²) in [6, 6.07) is 14.3. The molecule has 0 aliphatic heterocycles. The molecule has 48 heavy (non-hydrogen) atoms. The number of aliphatic hydroxyl groups excluding tert-OH is 2. The molecule has 2 rings (SSSR count). The van der Waals surface area contributed by atoms with E-state index in [1.165, 1.54) is 13.2 Å². The van der Waals surface area contributed by atoms with Gasteiger partial charge in [-0.3, -0.25) is 14.9 Å². The molecular formula is C36H50Cl2N2O8. The van der Waals surface area contributed by atoms with Gasteiger partial charge >= 0.3 is 11.9 Å². The van der Waals surface area contributed by atoms with Crippen molar-refractivity contribution in [2.24, 2.45) is 29.4 Å². The first-order valence-corrected chi connectivity index (χ1v) is 16.9. The quantitative estimate of drug-likeness (QED) is 0.0616. The highest BCUT2D eigenvalue weighted by Gasteiger charge is 2.35. The number of esters is 2. The standard InChI is InChI=1S/C36H50Cl2N2O8/c1-21(2)17-30(48-35(44)23(4)20-40-34(43)22(3)18-25-15-16-29(46-6)27(37)19-25)36(45)47-28(13-10-14-31(39)41)24(5)32(38)33(42)26-11-8-7-9-12-26/h7-12,14-16,19,21-24,28,30,32-34,40,42-43H,13,17-18,20H2,1-6H3,(H2,39,41)/b14-10+/t22-,23-,24+,28+,30+,32-,33-,34?/m1/s1. The fourth-order valence-electron chi connectivity index (χ4n) is 5.02. The van der Waals surface area contributed by atoms with E-state index in [2.05, 4.69) is 5.32 Å². The Kier molecular flexibility index (Phi) is 17.4. The minimum absolute atomic E-state index is 0.0239. The van der Waals surface area contributed by atoms with E-state index in [1.807, 2.05) is 32.9 Å². The number of carbonyl (C=O) groups is 3. The number of primary amides is 1. The highest BCUT2D eigenvalue weighted by atomic mass is 35.5. The predicted octanol–water partition coefficient (Wildman–Crippen LogP) is 5.35. The van der Waals surface area contributed by atoms with Crippen LogP contribution >= 0.6 is 23.2 Å². The van der Waals surface area contributed by atoms with Crippen LogP contribution in [0, 0.1) is 23.7 Å². The zero-order valence-corrected chi connectivity index (χ0v) is 30.0. The van der Waals surface area contributed by atoms with E-state index in [4.69, 9.17) is 43.1 Å². The van der Waals surface area contributed by atoms with Crippen molar-refractivity contribution in [3.05, 3.63) is 76.8 Å². The maximum Gasteiger partial charge on any atom is 0.347 e. The number of nitrogens with two attached hydrogens (primary N) is 1. The average Bonchev–Trinajstić information content (AvgIpc) is 3.05. The third kappa shape index (κ3) is 13.4. The van der Waals surface area contributed by atoms with E-state index >= 15 is 0 Å². The fraction of sp³-hybridized carbons (Fsp3) is 0.528. The van der Waals surface area contributed by atoms with Crippen LogP contribution < -0.4 is 15.8 Å². The Labute approximate surface area is 293 Å². The van der Waals surface area contributed by atoms with Crippen LogP contribution in [-0.4, -0.2) is 65.5 Å². The van der Waals surface area contributed by atoms with Crippen LogP contribution in [0.4, 0.5) is 0 Å². The molecule has 0 saturated carbocycles. The molecule has 0 fully saturated rings. The van der Waals surface area contributed by atoms with Crippen LogP contribution in [0.3, 0.4) is 0 Å². The highest BCUT2D eigenvalue weighted by molar-refractivity contribution is 6.32. The summed E-state index contributed by atoms with van der Waals surface area (Å²) in [4.78, 5) is 38.0. The lowest BCUT2D eigenvalue weighted by Crippen LogP contribution is -2.42. The number of amides is 1. The van der Waals surface area contributed by atoms with E-state index in [-0.39, 0.29) is 31.2 Å². The van der Waals surface area contributed by atoms with Crippen LogP contribution in [0.15, 0.2) is 60.7 Å². The molecule has 0 radical (unpaired) electrons. The summed E-state index contributed by atoms with van der Waals surface area (Å²) < 4.78 is 16.7. The van der Waals surface area contributed by atoms with E-state index in [9.17, 15) is 24.6 Å². The average molecular weight is 710 g/mol. The van der Waals surface area contributed by atoms with Crippen molar-refractivity contribution < 1.29 is 38.8 Å². The number of halogens is 2. The molecule has 2 aromatic rings. The van der Waals surface area contributed by atoms with Gasteiger partial charge in [-0.25, -0.2) is 4.79 Å². The number of alkyl halides is 1. The molecule has 5 N–H and O–H groups in total. The molecule has 0 aliphatic rings. The zero-order chi connectivity index (χ0) is 36.0. The van der Waals surface area contributed by atoms with Crippen LogP contribution in [0.1, 0.15) is 64.7 Å². The summed E-state index contributed by atoms with van der Waals surface area (Å²) in [7, 11) is 1.54. The van der Waals surface area contributed by atoms with Crippen molar-refractivity contribution in [3.8, 4) is 5.75 Å². The summed E-state index contributed by atoms with van der Waals surface area (Å²) in [6.45, 7) is 9.10. The molecule has 10 nitrogen and oxygen atoms in total. The van der Waals surface area contributed by atoms with E-state index in [0.29, 0.717) is 22.8 Å². The second-order valence-electron chi connectivity index (χ2n) is 12.6. The zero-order valence-electron chi connectivity index (χ0n) is 28.5. The van der Waals surface area contributed by atoms with Crippen molar-refractivity contribution in [3.63, 3.8) is 0 Å². The van der Waals surface area contributed by atoms with Gasteiger partial charge in [0.15, 0.2) is 6.10 Å². The largest absolute Gasteiger partial charge is 0.495 e. The first kappa shape index (κ1) is 41.0. The Morgan fingerprint density at radius 1 is 0.979 bits per heavy atom. The Morgan fingerprint density at radius 2 is 1.65 bits per heavy atom. The van der Waals surface area contributed by atoms with Crippen molar-refractivity contribution in [2.75, 3.05) is 13.7 Å². The monoisotopic (exact) mass is 708 g/mol. The maximum atomic E-state index is 13.5. The summed E-state index contributed by atoms with van der Waals surface area (Å²) in [5.74, 6) is -3.04. The van der Waals surface area contributed by atoms with Crippen LogP contribution in [0.5, 0.6) is 5.75 Å². The molecule has 0 bridgehead atoms. The number of methoxy groups -OCH3 is 1. The number of hydrogen-bond acceptors (Lipinski definition) is 9. The molecule has 12 heteroatoms. The molecule has 0 aromatic heterocycles. The number of rotatable bonds is 20. The number of aliphatic hydroxyl groups is 2. The van der Waals surface area contributed by atoms with Crippen molar-refractivity contribution >= 4 is 41.0 Å². The minimum Gasteiger partial charge on any atom is -0.495 e. The Hall–Kier alpha value is -3.15. The third-order valence-corrected chi connectivity index (χ3v) is 8.94. The number of nitrogens with one attached hydrogen (secondary N) is 1. The molecule has 266 valence electrons. The SMILES string of the molecule is COc1ccc(C[C@@H](C)C(O)NC[C@@H](C)C(=O)O[C@@H](CC(C)C)C(=O)O[C@@H](C/C=C/C(N)=O)[C@H](C)[C@@H](Cl)[C@H](O)c2ccccc2)cc1Cl. The van der Waals surface area contributed by atoms with Gasteiger partial charge in [0.05, 0.1) is 29.5 Å². The lowest BCUT2D eigenvalue weighted by molar-refractivity contribution is -0.176. The normalized spacial score (nSPS) is 16.7. The minimum atomic E-state index is -1.22. The van der Waals surface area contributed by atoms with E-state index < -0.39 is 59.6 Å². The van der Waals surface area contributed by atoms with Gasteiger partial charge in [0, 0.05) is 18.9 Å². The molecule has 1 unspecified atom stereocenters. The lowest BCUT2D eigenvalue weighted by Gasteiger charge is -2.31. The third-order valence-electron chi connectivity index (χ3n) is 8.00. The van der Waals surface area contributed by atoms with Gasteiger partial charge in [-0.05, 0) is 54.0 Å².